The molecule has 0 bridgehead atoms. The summed E-state index contributed by atoms with van der Waals surface area (Å²) in [4.78, 5) is 13.8. The van der Waals surface area contributed by atoms with E-state index in [2.05, 4.69) is 10.2 Å². The summed E-state index contributed by atoms with van der Waals surface area (Å²) in [6.45, 7) is 1.74. The molecule has 0 radical (unpaired) electrons. The van der Waals surface area contributed by atoms with Crippen LogP contribution in [0.3, 0.4) is 0 Å². The van der Waals surface area contributed by atoms with Gasteiger partial charge in [0.2, 0.25) is 5.91 Å². The van der Waals surface area contributed by atoms with Crippen LogP contribution in [0, 0.1) is 5.82 Å². The summed E-state index contributed by atoms with van der Waals surface area (Å²) in [6, 6.07) is 6.43. The van der Waals surface area contributed by atoms with Gasteiger partial charge in [-0.05, 0) is 43.4 Å². The van der Waals surface area contributed by atoms with Gasteiger partial charge in [0.25, 0.3) is 0 Å². The molecule has 1 aliphatic heterocycles. The fraction of sp³-hybridized carbons (Fsp3) is 0.562. The van der Waals surface area contributed by atoms with E-state index < -0.39 is 5.60 Å². The molecule has 4 nitrogen and oxygen atoms in total. The van der Waals surface area contributed by atoms with Crippen LogP contribution in [0.15, 0.2) is 24.3 Å². The Morgan fingerprint density at radius 2 is 1.90 bits per heavy atom. The van der Waals surface area contributed by atoms with Crippen LogP contribution in [0.1, 0.15) is 31.2 Å². The number of nitrogens with zero attached hydrogens (tertiary/aromatic N) is 1. The van der Waals surface area contributed by atoms with Crippen molar-refractivity contribution in [1.82, 2.24) is 10.2 Å². The van der Waals surface area contributed by atoms with Gasteiger partial charge in [-0.2, -0.15) is 0 Å². The van der Waals surface area contributed by atoms with Gasteiger partial charge >= 0.3 is 0 Å². The smallest absolute Gasteiger partial charge is 0.234 e. The van der Waals surface area contributed by atoms with E-state index in [4.69, 9.17) is 0 Å². The molecule has 2 aliphatic rings. The van der Waals surface area contributed by atoms with Gasteiger partial charge < -0.3 is 10.4 Å². The molecule has 1 saturated carbocycles. The topological polar surface area (TPSA) is 52.6 Å². The molecule has 0 unspecified atom stereocenters. The predicted octanol–water partition coefficient (Wildman–Crippen LogP) is 1.39. The lowest BCUT2D eigenvalue weighted by molar-refractivity contribution is -0.123. The van der Waals surface area contributed by atoms with Crippen LogP contribution in [0.25, 0.3) is 0 Å². The molecule has 1 aromatic rings. The minimum atomic E-state index is -0.906. The third kappa shape index (κ3) is 3.60. The number of likely N-dealkylation sites (tertiary alicyclic amines) is 1. The number of nitrogens with one attached hydrogen (secondary N) is 1. The Balaban J connectivity index is 1.53. The van der Waals surface area contributed by atoms with Crippen LogP contribution in [0.4, 0.5) is 4.39 Å². The molecule has 114 valence electrons. The Kier molecular flexibility index (Phi) is 3.95. The van der Waals surface area contributed by atoms with Crippen molar-refractivity contribution in [2.45, 2.75) is 37.3 Å². The van der Waals surface area contributed by atoms with E-state index in [1.807, 2.05) is 0 Å². The second kappa shape index (κ2) is 5.73. The molecule has 5 heteroatoms. The van der Waals surface area contributed by atoms with Crippen molar-refractivity contribution in [2.24, 2.45) is 0 Å². The van der Waals surface area contributed by atoms with Crippen LogP contribution < -0.4 is 5.32 Å². The number of rotatable bonds is 4. The van der Waals surface area contributed by atoms with Gasteiger partial charge in [0.1, 0.15) is 5.82 Å². The number of aliphatic hydroxyl groups is 1. The number of hydrogen-bond acceptors (Lipinski definition) is 3. The first kappa shape index (κ1) is 14.5. The first-order valence-electron chi connectivity index (χ1n) is 7.55. The van der Waals surface area contributed by atoms with Crippen LogP contribution in [-0.4, -0.2) is 41.6 Å². The van der Waals surface area contributed by atoms with Crippen molar-refractivity contribution < 1.29 is 14.3 Å². The molecule has 0 aromatic heterocycles. The maximum absolute atomic E-state index is 13.0. The summed E-state index contributed by atoms with van der Waals surface area (Å²) >= 11 is 0. The first-order valence-corrected chi connectivity index (χ1v) is 7.55. The van der Waals surface area contributed by atoms with E-state index in [0.29, 0.717) is 38.5 Å². The monoisotopic (exact) mass is 292 g/mol. The summed E-state index contributed by atoms with van der Waals surface area (Å²) < 4.78 is 13.0. The zero-order chi connectivity index (χ0) is 14.9. The Labute approximate surface area is 124 Å². The van der Waals surface area contributed by atoms with Gasteiger partial charge in [-0.3, -0.25) is 9.69 Å². The van der Waals surface area contributed by atoms with E-state index >= 15 is 0 Å². The molecule has 1 aliphatic carbocycles. The number of carbonyl (C=O) groups is 1. The summed E-state index contributed by atoms with van der Waals surface area (Å²) in [5.41, 5.74) is -0.150. The molecule has 21 heavy (non-hydrogen) atoms. The highest BCUT2D eigenvalue weighted by Gasteiger charge is 2.34. The summed E-state index contributed by atoms with van der Waals surface area (Å²) in [5.74, 6) is -0.221. The van der Waals surface area contributed by atoms with Gasteiger partial charge in [0.05, 0.1) is 12.1 Å². The number of piperidine rings is 1. The van der Waals surface area contributed by atoms with Crippen molar-refractivity contribution in [3.8, 4) is 0 Å². The average Bonchev–Trinajstić information content (AvgIpc) is 3.26. The molecule has 2 fully saturated rings. The predicted molar refractivity (Wildman–Crippen MR) is 77.1 cm³/mol. The summed E-state index contributed by atoms with van der Waals surface area (Å²) in [7, 11) is 0. The van der Waals surface area contributed by atoms with E-state index in [9.17, 15) is 14.3 Å². The van der Waals surface area contributed by atoms with E-state index in [0.717, 1.165) is 18.4 Å². The molecule has 1 saturated heterocycles. The average molecular weight is 292 g/mol. The molecule has 0 atom stereocenters. The van der Waals surface area contributed by atoms with Crippen molar-refractivity contribution in [1.29, 1.82) is 0 Å². The van der Waals surface area contributed by atoms with E-state index in [1.165, 1.54) is 12.1 Å². The third-order valence-corrected chi connectivity index (χ3v) is 4.37. The highest BCUT2D eigenvalue weighted by atomic mass is 19.1. The lowest BCUT2D eigenvalue weighted by atomic mass is 9.84. The normalized spacial score (nSPS) is 22.0. The maximum Gasteiger partial charge on any atom is 0.234 e. The Hall–Kier alpha value is -1.46. The van der Waals surface area contributed by atoms with E-state index in [-0.39, 0.29) is 11.7 Å². The zero-order valence-electron chi connectivity index (χ0n) is 12.0. The zero-order valence-corrected chi connectivity index (χ0v) is 12.0. The maximum atomic E-state index is 13.0. The quantitative estimate of drug-likeness (QED) is 0.882. The highest BCUT2D eigenvalue weighted by molar-refractivity contribution is 5.78. The molecule has 1 amide bonds. The van der Waals surface area contributed by atoms with Crippen LogP contribution in [-0.2, 0) is 10.4 Å². The van der Waals surface area contributed by atoms with Crippen molar-refractivity contribution in [3.05, 3.63) is 35.6 Å². The Bertz CT molecular complexity index is 506. The molecule has 1 aromatic carbocycles. The van der Waals surface area contributed by atoms with Gasteiger partial charge in [0.15, 0.2) is 0 Å². The fourth-order valence-corrected chi connectivity index (χ4v) is 2.83. The number of amides is 1. The second-order valence-electron chi connectivity index (χ2n) is 6.16. The van der Waals surface area contributed by atoms with Crippen LogP contribution >= 0.6 is 0 Å². The first-order chi connectivity index (χ1) is 10.0. The molecular formula is C16H21FN2O2. The van der Waals surface area contributed by atoms with Gasteiger partial charge in [-0.25, -0.2) is 4.39 Å². The van der Waals surface area contributed by atoms with Crippen molar-refractivity contribution in [2.75, 3.05) is 19.6 Å². The van der Waals surface area contributed by atoms with Crippen LogP contribution in [0.5, 0.6) is 0 Å². The number of hydrogen-bond donors (Lipinski definition) is 2. The summed E-state index contributed by atoms with van der Waals surface area (Å²) in [5, 5.41) is 13.7. The highest BCUT2D eigenvalue weighted by Crippen LogP contribution is 2.32. The van der Waals surface area contributed by atoms with Crippen molar-refractivity contribution in [3.63, 3.8) is 0 Å². The number of benzene rings is 1. The Morgan fingerprint density at radius 3 is 2.48 bits per heavy atom. The largest absolute Gasteiger partial charge is 0.385 e. The Morgan fingerprint density at radius 1 is 1.29 bits per heavy atom. The molecular weight excluding hydrogens is 271 g/mol. The lowest BCUT2D eigenvalue weighted by Gasteiger charge is -2.38. The van der Waals surface area contributed by atoms with Crippen molar-refractivity contribution >= 4 is 5.91 Å². The number of carbonyl (C=O) groups excluding carboxylic acids is 1. The van der Waals surface area contributed by atoms with Crippen LogP contribution in [0.2, 0.25) is 0 Å². The SMILES string of the molecule is O=C(CN1CCC(O)(c2ccc(F)cc2)CC1)NC1CC1. The molecule has 0 spiro atoms. The fourth-order valence-electron chi connectivity index (χ4n) is 2.83. The summed E-state index contributed by atoms with van der Waals surface area (Å²) in [6.07, 6.45) is 3.32. The second-order valence-corrected chi connectivity index (χ2v) is 6.16. The number of halogens is 1. The third-order valence-electron chi connectivity index (χ3n) is 4.37. The molecule has 1 heterocycles. The lowest BCUT2D eigenvalue weighted by Crippen LogP contribution is -2.46. The molecule has 3 rings (SSSR count). The van der Waals surface area contributed by atoms with Gasteiger partial charge in [-0.1, -0.05) is 12.1 Å². The van der Waals surface area contributed by atoms with Gasteiger partial charge in [0, 0.05) is 19.1 Å². The molecule has 2 N–H and O–H groups in total. The minimum Gasteiger partial charge on any atom is -0.385 e. The minimum absolute atomic E-state index is 0.0738. The standard InChI is InChI=1S/C16H21FN2O2/c17-13-3-1-12(2-4-13)16(21)7-9-19(10-8-16)11-15(20)18-14-5-6-14/h1-4,14,21H,5-11H2,(H,18,20). The van der Waals surface area contributed by atoms with Gasteiger partial charge in [-0.15, -0.1) is 0 Å². The van der Waals surface area contributed by atoms with E-state index in [1.54, 1.807) is 12.1 Å².